The summed E-state index contributed by atoms with van der Waals surface area (Å²) < 4.78 is 32.8. The molecule has 158 valence electrons. The van der Waals surface area contributed by atoms with Crippen molar-refractivity contribution in [3.05, 3.63) is 47.4 Å². The van der Waals surface area contributed by atoms with Gasteiger partial charge < -0.3 is 9.73 Å². The molecule has 1 saturated heterocycles. The molecule has 29 heavy (non-hydrogen) atoms. The second kappa shape index (κ2) is 9.75. The van der Waals surface area contributed by atoms with Gasteiger partial charge in [0.1, 0.15) is 5.76 Å². The summed E-state index contributed by atoms with van der Waals surface area (Å²) in [6, 6.07) is 7.88. The lowest BCUT2D eigenvalue weighted by Gasteiger charge is -2.20. The van der Waals surface area contributed by atoms with Gasteiger partial charge in [-0.25, -0.2) is 8.42 Å². The summed E-state index contributed by atoms with van der Waals surface area (Å²) in [5.41, 5.74) is 0.278. The normalized spacial score (nSPS) is 16.9. The Morgan fingerprint density at radius 1 is 1.21 bits per heavy atom. The molecule has 2 N–H and O–H groups in total. The topological polar surface area (TPSA) is 91.7 Å². The van der Waals surface area contributed by atoms with E-state index in [-0.39, 0.29) is 34.1 Å². The van der Waals surface area contributed by atoms with Crippen molar-refractivity contribution in [1.29, 1.82) is 0 Å². The fraction of sp³-hybridized carbons (Fsp3) is 0.450. The average Bonchev–Trinajstić information content (AvgIpc) is 3.09. The van der Waals surface area contributed by atoms with Gasteiger partial charge in [-0.2, -0.15) is 4.31 Å². The standard InChI is InChI=1S/C20H26ClN3O4S/c1-15(19-7-6-12-28-19)22-14-20(25)23-18-13-16(8-9-17(18)21)29(26,27)24-10-4-2-3-5-11-24/h6-9,12-13,15,22H,2-5,10-11,14H2,1H3,(H,23,25)/t15-/m0/s1. The molecule has 0 saturated carbocycles. The Kier molecular flexibility index (Phi) is 7.34. The van der Waals surface area contributed by atoms with E-state index in [0.717, 1.165) is 31.4 Å². The fourth-order valence-corrected chi connectivity index (χ4v) is 4.98. The molecular weight excluding hydrogens is 414 g/mol. The fourth-order valence-electron chi connectivity index (χ4n) is 3.27. The molecule has 2 heterocycles. The molecule has 1 aromatic heterocycles. The molecule has 7 nitrogen and oxygen atoms in total. The summed E-state index contributed by atoms with van der Waals surface area (Å²) in [6.45, 7) is 2.94. The lowest BCUT2D eigenvalue weighted by molar-refractivity contribution is -0.115. The van der Waals surface area contributed by atoms with Gasteiger partial charge in [-0.05, 0) is 50.1 Å². The van der Waals surface area contributed by atoms with Crippen molar-refractivity contribution in [2.45, 2.75) is 43.5 Å². The first-order valence-corrected chi connectivity index (χ1v) is 11.6. The molecular formula is C20H26ClN3O4S. The molecule has 1 fully saturated rings. The Morgan fingerprint density at radius 2 is 1.93 bits per heavy atom. The van der Waals surface area contributed by atoms with Crippen molar-refractivity contribution in [2.75, 3.05) is 25.0 Å². The van der Waals surface area contributed by atoms with Crippen LogP contribution in [0.15, 0.2) is 45.9 Å². The number of benzene rings is 1. The number of sulfonamides is 1. The summed E-state index contributed by atoms with van der Waals surface area (Å²) in [6.07, 6.45) is 5.37. The zero-order valence-corrected chi connectivity index (χ0v) is 17.9. The number of amides is 1. The van der Waals surface area contributed by atoms with Gasteiger partial charge >= 0.3 is 0 Å². The molecule has 1 aromatic carbocycles. The molecule has 1 aliphatic rings. The van der Waals surface area contributed by atoms with E-state index in [1.165, 1.54) is 22.5 Å². The van der Waals surface area contributed by atoms with E-state index in [1.54, 1.807) is 12.3 Å². The van der Waals surface area contributed by atoms with Crippen LogP contribution in [0.2, 0.25) is 5.02 Å². The summed E-state index contributed by atoms with van der Waals surface area (Å²) >= 11 is 6.19. The Balaban J connectivity index is 1.67. The summed E-state index contributed by atoms with van der Waals surface area (Å²) in [5, 5.41) is 6.03. The van der Waals surface area contributed by atoms with Gasteiger partial charge in [0, 0.05) is 13.1 Å². The Hall–Kier alpha value is -1.87. The second-order valence-electron chi connectivity index (χ2n) is 7.13. The lowest BCUT2D eigenvalue weighted by Crippen LogP contribution is -2.32. The molecule has 1 amide bonds. The van der Waals surface area contributed by atoms with E-state index < -0.39 is 10.0 Å². The number of hydrogen-bond acceptors (Lipinski definition) is 5. The van der Waals surface area contributed by atoms with Gasteiger partial charge in [0.15, 0.2) is 0 Å². The number of furan rings is 1. The highest BCUT2D eigenvalue weighted by Gasteiger charge is 2.26. The van der Waals surface area contributed by atoms with E-state index in [0.29, 0.717) is 13.1 Å². The van der Waals surface area contributed by atoms with Crippen LogP contribution < -0.4 is 10.6 Å². The quantitative estimate of drug-likeness (QED) is 0.684. The minimum Gasteiger partial charge on any atom is -0.468 e. The minimum atomic E-state index is -3.62. The highest BCUT2D eigenvalue weighted by atomic mass is 35.5. The Bertz CT molecular complexity index is 923. The van der Waals surface area contributed by atoms with Gasteiger partial charge in [-0.1, -0.05) is 24.4 Å². The lowest BCUT2D eigenvalue weighted by atomic mass is 10.2. The smallest absolute Gasteiger partial charge is 0.243 e. The van der Waals surface area contributed by atoms with Crippen LogP contribution in [0.5, 0.6) is 0 Å². The van der Waals surface area contributed by atoms with E-state index in [2.05, 4.69) is 10.6 Å². The predicted octanol–water partition coefficient (Wildman–Crippen LogP) is 3.79. The number of nitrogens with zero attached hydrogens (tertiary/aromatic N) is 1. The molecule has 2 aromatic rings. The highest BCUT2D eigenvalue weighted by molar-refractivity contribution is 7.89. The maximum absolute atomic E-state index is 13.0. The molecule has 9 heteroatoms. The molecule has 0 bridgehead atoms. The number of hydrogen-bond donors (Lipinski definition) is 2. The van der Waals surface area contributed by atoms with Crippen molar-refractivity contribution in [3.63, 3.8) is 0 Å². The van der Waals surface area contributed by atoms with Crippen molar-refractivity contribution >= 4 is 33.2 Å². The number of anilines is 1. The number of carbonyl (C=O) groups is 1. The van der Waals surface area contributed by atoms with Crippen molar-refractivity contribution in [3.8, 4) is 0 Å². The van der Waals surface area contributed by atoms with Crippen LogP contribution in [0, 0.1) is 0 Å². The van der Waals surface area contributed by atoms with E-state index in [1.807, 2.05) is 13.0 Å². The van der Waals surface area contributed by atoms with Gasteiger partial charge in [-0.3, -0.25) is 10.1 Å². The van der Waals surface area contributed by atoms with Gasteiger partial charge in [0.05, 0.1) is 34.5 Å². The monoisotopic (exact) mass is 439 g/mol. The van der Waals surface area contributed by atoms with Crippen LogP contribution in [-0.2, 0) is 14.8 Å². The van der Waals surface area contributed by atoms with Gasteiger partial charge in [-0.15, -0.1) is 0 Å². The van der Waals surface area contributed by atoms with Crippen molar-refractivity contribution in [2.24, 2.45) is 0 Å². The molecule has 3 rings (SSSR count). The summed E-state index contributed by atoms with van der Waals surface area (Å²) in [7, 11) is -3.62. The van der Waals surface area contributed by atoms with Crippen LogP contribution in [-0.4, -0.2) is 38.3 Å². The number of nitrogens with one attached hydrogen (secondary N) is 2. The number of halogens is 1. The van der Waals surface area contributed by atoms with Gasteiger partial charge in [0.2, 0.25) is 15.9 Å². The third kappa shape index (κ3) is 5.60. The molecule has 0 unspecified atom stereocenters. The molecule has 1 aliphatic heterocycles. The van der Waals surface area contributed by atoms with Crippen LogP contribution in [0.3, 0.4) is 0 Å². The largest absolute Gasteiger partial charge is 0.468 e. The minimum absolute atomic E-state index is 0.0291. The summed E-state index contributed by atoms with van der Waals surface area (Å²) in [5.74, 6) is 0.399. The SMILES string of the molecule is C[C@H](NCC(=O)Nc1cc(S(=O)(=O)N2CCCCCC2)ccc1Cl)c1ccco1. The van der Waals surface area contributed by atoms with Gasteiger partial charge in [0.25, 0.3) is 0 Å². The average molecular weight is 440 g/mol. The zero-order valence-electron chi connectivity index (χ0n) is 16.4. The van der Waals surface area contributed by atoms with Crippen LogP contribution in [0.4, 0.5) is 5.69 Å². The first kappa shape index (κ1) is 21.8. The van der Waals surface area contributed by atoms with E-state index in [9.17, 15) is 13.2 Å². The van der Waals surface area contributed by atoms with E-state index >= 15 is 0 Å². The maximum atomic E-state index is 13.0. The Labute approximate surface area is 176 Å². The first-order chi connectivity index (χ1) is 13.9. The molecule has 1 atom stereocenters. The summed E-state index contributed by atoms with van der Waals surface area (Å²) in [4.78, 5) is 12.5. The predicted molar refractivity (Wildman–Crippen MR) is 112 cm³/mol. The first-order valence-electron chi connectivity index (χ1n) is 9.74. The van der Waals surface area contributed by atoms with Crippen LogP contribution >= 0.6 is 11.6 Å². The van der Waals surface area contributed by atoms with E-state index in [4.69, 9.17) is 16.0 Å². The van der Waals surface area contributed by atoms with Crippen molar-refractivity contribution in [1.82, 2.24) is 9.62 Å². The molecule has 0 spiro atoms. The van der Waals surface area contributed by atoms with Crippen LogP contribution in [0.25, 0.3) is 0 Å². The zero-order chi connectivity index (χ0) is 20.9. The molecule has 0 aliphatic carbocycles. The Morgan fingerprint density at radius 3 is 2.59 bits per heavy atom. The third-order valence-electron chi connectivity index (χ3n) is 4.95. The number of carbonyl (C=O) groups excluding carboxylic acids is 1. The maximum Gasteiger partial charge on any atom is 0.243 e. The molecule has 0 radical (unpaired) electrons. The van der Waals surface area contributed by atoms with Crippen molar-refractivity contribution < 1.29 is 17.6 Å². The third-order valence-corrected chi connectivity index (χ3v) is 7.18. The second-order valence-corrected chi connectivity index (χ2v) is 9.47. The number of rotatable bonds is 7. The highest BCUT2D eigenvalue weighted by Crippen LogP contribution is 2.28. The van der Waals surface area contributed by atoms with Crippen LogP contribution in [0.1, 0.15) is 44.4 Å².